The molecule has 6 nitrogen and oxygen atoms in total. The molecule has 148 valence electrons. The number of rotatable bonds is 7. The van der Waals surface area contributed by atoms with Crippen LogP contribution in [-0.4, -0.2) is 22.2 Å². The van der Waals surface area contributed by atoms with Gasteiger partial charge in [-0.3, -0.25) is 0 Å². The van der Waals surface area contributed by atoms with Gasteiger partial charge in [0.2, 0.25) is 0 Å². The Morgan fingerprint density at radius 2 is 1.50 bits per heavy atom. The molecule has 2 N–H and O–H groups in total. The van der Waals surface area contributed by atoms with Crippen LogP contribution < -0.4 is 4.74 Å². The van der Waals surface area contributed by atoms with Gasteiger partial charge in [0, 0.05) is 0 Å². The normalized spacial score (nSPS) is 10.8. The lowest BCUT2D eigenvalue weighted by molar-refractivity contribution is 0.0686. The predicted molar refractivity (Wildman–Crippen MR) is 111 cm³/mol. The summed E-state index contributed by atoms with van der Waals surface area (Å²) in [5.41, 5.74) is 2.93. The second-order valence-electron chi connectivity index (χ2n) is 6.42. The van der Waals surface area contributed by atoms with Gasteiger partial charge in [0.25, 0.3) is 0 Å². The Hall–Kier alpha value is -4.37. The predicted octanol–water partition coefficient (Wildman–Crippen LogP) is 4.73. The van der Waals surface area contributed by atoms with E-state index in [1.165, 1.54) is 18.2 Å². The number of carboxylic acids is 2. The van der Waals surface area contributed by atoms with Crippen molar-refractivity contribution in [1.82, 2.24) is 0 Å². The van der Waals surface area contributed by atoms with Gasteiger partial charge in [0.1, 0.15) is 12.4 Å². The zero-order valence-electron chi connectivity index (χ0n) is 15.8. The minimum absolute atomic E-state index is 0.159. The largest absolute Gasteiger partial charge is 0.489 e. The maximum Gasteiger partial charge on any atom is 0.335 e. The second-order valence-corrected chi connectivity index (χ2v) is 6.42. The third-order valence-corrected chi connectivity index (χ3v) is 4.33. The fraction of sp³-hybridized carbons (Fsp3) is 0.0417. The molecule has 0 amide bonds. The van der Waals surface area contributed by atoms with E-state index in [0.29, 0.717) is 16.9 Å². The van der Waals surface area contributed by atoms with E-state index < -0.39 is 11.9 Å². The fourth-order valence-electron chi connectivity index (χ4n) is 2.76. The molecule has 0 heterocycles. The minimum Gasteiger partial charge on any atom is -0.489 e. The number of carbonyl (C=O) groups is 2. The van der Waals surface area contributed by atoms with Crippen molar-refractivity contribution in [3.8, 4) is 11.8 Å². The van der Waals surface area contributed by atoms with Crippen molar-refractivity contribution in [2.24, 2.45) is 0 Å². The molecule has 0 aliphatic rings. The van der Waals surface area contributed by atoms with E-state index in [1.807, 2.05) is 0 Å². The Kier molecular flexibility index (Phi) is 6.26. The number of ether oxygens (including phenoxy) is 1. The summed E-state index contributed by atoms with van der Waals surface area (Å²) in [6, 6.07) is 21.9. The highest BCUT2D eigenvalue weighted by Gasteiger charge is 2.06. The molecule has 3 aromatic rings. The number of aromatic carboxylic acids is 2. The van der Waals surface area contributed by atoms with Crippen LogP contribution in [-0.2, 0) is 6.61 Å². The van der Waals surface area contributed by atoms with Crippen LogP contribution in [0.25, 0.3) is 11.6 Å². The Morgan fingerprint density at radius 3 is 2.10 bits per heavy atom. The number of nitrogens with zero attached hydrogens (tertiary/aromatic N) is 1. The average Bonchev–Trinajstić information content (AvgIpc) is 2.77. The molecule has 0 spiro atoms. The van der Waals surface area contributed by atoms with E-state index in [2.05, 4.69) is 6.07 Å². The third-order valence-electron chi connectivity index (χ3n) is 4.33. The molecular formula is C24H17NO5. The van der Waals surface area contributed by atoms with Crippen LogP contribution in [0.5, 0.6) is 5.75 Å². The number of nitriles is 1. The molecule has 0 radical (unpaired) electrons. The van der Waals surface area contributed by atoms with Gasteiger partial charge in [0.05, 0.1) is 22.8 Å². The van der Waals surface area contributed by atoms with Crippen molar-refractivity contribution in [2.75, 3.05) is 0 Å². The maximum absolute atomic E-state index is 11.0. The Morgan fingerprint density at radius 1 is 0.867 bits per heavy atom. The van der Waals surface area contributed by atoms with Crippen molar-refractivity contribution < 1.29 is 24.5 Å². The molecule has 0 aliphatic heterocycles. The van der Waals surface area contributed by atoms with Gasteiger partial charge < -0.3 is 14.9 Å². The molecule has 6 heteroatoms. The second kappa shape index (κ2) is 9.22. The summed E-state index contributed by atoms with van der Waals surface area (Å²) in [7, 11) is 0. The first-order valence-corrected chi connectivity index (χ1v) is 8.97. The summed E-state index contributed by atoms with van der Waals surface area (Å²) in [5, 5.41) is 27.5. The summed E-state index contributed by atoms with van der Waals surface area (Å²) in [6.45, 7) is 0.232. The fourth-order valence-corrected chi connectivity index (χ4v) is 2.76. The van der Waals surface area contributed by atoms with Gasteiger partial charge in [-0.1, -0.05) is 36.4 Å². The van der Waals surface area contributed by atoms with E-state index >= 15 is 0 Å². The van der Waals surface area contributed by atoms with Crippen LogP contribution in [0, 0.1) is 11.3 Å². The molecule has 0 fully saturated rings. The third kappa shape index (κ3) is 5.12. The van der Waals surface area contributed by atoms with Crippen molar-refractivity contribution in [2.45, 2.75) is 6.61 Å². The molecule has 0 aromatic heterocycles. The number of hydrogen-bond acceptors (Lipinski definition) is 4. The zero-order chi connectivity index (χ0) is 21.5. The van der Waals surface area contributed by atoms with E-state index in [4.69, 9.17) is 14.9 Å². The quantitative estimate of drug-likeness (QED) is 0.439. The average molecular weight is 399 g/mol. The van der Waals surface area contributed by atoms with Crippen LogP contribution in [0.1, 0.15) is 37.4 Å². The van der Waals surface area contributed by atoms with Crippen LogP contribution in [0.4, 0.5) is 0 Å². The first kappa shape index (κ1) is 20.4. The smallest absolute Gasteiger partial charge is 0.335 e. The lowest BCUT2D eigenvalue weighted by Crippen LogP contribution is -2.00. The van der Waals surface area contributed by atoms with Crippen LogP contribution in [0.2, 0.25) is 0 Å². The molecule has 0 saturated carbocycles. The van der Waals surface area contributed by atoms with Crippen molar-refractivity contribution in [3.63, 3.8) is 0 Å². The number of carboxylic acid groups (broad SMARTS) is 2. The van der Waals surface area contributed by atoms with Crippen molar-refractivity contribution in [3.05, 3.63) is 101 Å². The van der Waals surface area contributed by atoms with Crippen molar-refractivity contribution in [1.29, 1.82) is 5.26 Å². The summed E-state index contributed by atoms with van der Waals surface area (Å²) >= 11 is 0. The van der Waals surface area contributed by atoms with E-state index in [-0.39, 0.29) is 17.7 Å². The summed E-state index contributed by atoms with van der Waals surface area (Å²) in [6.07, 6.45) is 1.70. The SMILES string of the molecule is N#CC(=Cc1ccc(OCc2cccc(C(=O)O)c2)cc1)c1ccc(C(=O)O)cc1. The van der Waals surface area contributed by atoms with Gasteiger partial charge in [0.15, 0.2) is 0 Å². The van der Waals surface area contributed by atoms with Gasteiger partial charge in [-0.25, -0.2) is 9.59 Å². The standard InChI is InChI=1S/C24H17NO5/c25-14-21(18-6-8-19(9-7-18)23(26)27)12-16-4-10-22(11-5-16)30-15-17-2-1-3-20(13-17)24(28)29/h1-13H,15H2,(H,26,27)(H,28,29). The molecule has 0 bridgehead atoms. The zero-order valence-corrected chi connectivity index (χ0v) is 15.8. The molecule has 3 aromatic carbocycles. The van der Waals surface area contributed by atoms with Gasteiger partial charge in [-0.2, -0.15) is 5.26 Å². The lowest BCUT2D eigenvalue weighted by Gasteiger charge is -2.07. The Bertz CT molecular complexity index is 1140. The van der Waals surface area contributed by atoms with Crippen LogP contribution in [0.3, 0.4) is 0 Å². The molecule has 3 rings (SSSR count). The Labute approximate surface area is 172 Å². The van der Waals surface area contributed by atoms with Gasteiger partial charge >= 0.3 is 11.9 Å². The Balaban J connectivity index is 1.70. The molecular weight excluding hydrogens is 382 g/mol. The molecule has 0 saturated heterocycles. The highest BCUT2D eigenvalue weighted by Crippen LogP contribution is 2.21. The topological polar surface area (TPSA) is 108 Å². The van der Waals surface area contributed by atoms with Gasteiger partial charge in [-0.05, 0) is 59.2 Å². The highest BCUT2D eigenvalue weighted by molar-refractivity contribution is 5.92. The highest BCUT2D eigenvalue weighted by atomic mass is 16.5. The summed E-state index contributed by atoms with van der Waals surface area (Å²) in [4.78, 5) is 22.0. The first-order chi connectivity index (χ1) is 14.5. The van der Waals surface area contributed by atoms with E-state index in [1.54, 1.807) is 60.7 Å². The van der Waals surface area contributed by atoms with Crippen LogP contribution in [0.15, 0.2) is 72.8 Å². The number of benzene rings is 3. The number of hydrogen-bond donors (Lipinski definition) is 2. The molecule has 0 unspecified atom stereocenters. The first-order valence-electron chi connectivity index (χ1n) is 8.97. The van der Waals surface area contributed by atoms with Crippen LogP contribution >= 0.6 is 0 Å². The van der Waals surface area contributed by atoms with E-state index in [9.17, 15) is 14.9 Å². The summed E-state index contributed by atoms with van der Waals surface area (Å²) in [5.74, 6) is -1.40. The maximum atomic E-state index is 11.0. The monoisotopic (exact) mass is 399 g/mol. The lowest BCUT2D eigenvalue weighted by atomic mass is 10.0. The number of allylic oxidation sites excluding steroid dienone is 1. The molecule has 30 heavy (non-hydrogen) atoms. The minimum atomic E-state index is -1.02. The molecule has 0 aliphatic carbocycles. The van der Waals surface area contributed by atoms with Gasteiger partial charge in [-0.15, -0.1) is 0 Å². The molecule has 0 atom stereocenters. The summed E-state index contributed by atoms with van der Waals surface area (Å²) < 4.78 is 5.70. The van der Waals surface area contributed by atoms with Crippen molar-refractivity contribution >= 4 is 23.6 Å². The van der Waals surface area contributed by atoms with E-state index in [0.717, 1.165) is 11.1 Å².